The molecule has 6 aromatic rings. The minimum absolute atomic E-state index is 0. The average Bonchev–Trinajstić information content (AvgIpc) is 1.76. The number of ether oxygens (including phenoxy) is 3. The van der Waals surface area contributed by atoms with Crippen LogP contribution in [0.5, 0.6) is 0 Å². The van der Waals surface area contributed by atoms with E-state index in [1.54, 1.807) is 93.6 Å². The Labute approximate surface area is 679 Å². The minimum Gasteiger partial charge on any atom is -0.467 e. The highest BCUT2D eigenvalue weighted by Crippen LogP contribution is 2.28. The number of methoxy groups -OCH3 is 2. The topological polar surface area (TPSA) is 403 Å². The summed E-state index contributed by atoms with van der Waals surface area (Å²) in [5.41, 5.74) is 17.9. The maximum atomic E-state index is 12.8. The van der Waals surface area contributed by atoms with Crippen LogP contribution in [0.4, 0.5) is 4.79 Å². The van der Waals surface area contributed by atoms with E-state index in [1.165, 1.54) is 24.6 Å². The predicted molar refractivity (Wildman–Crippen MR) is 439 cm³/mol. The largest absolute Gasteiger partial charge is 0.467 e. The first kappa shape index (κ1) is 99.6. The van der Waals surface area contributed by atoms with Crippen molar-refractivity contribution in [2.75, 3.05) is 53.5 Å². The van der Waals surface area contributed by atoms with Crippen LogP contribution in [0, 0.1) is 82.1 Å². The van der Waals surface area contributed by atoms with Gasteiger partial charge in [0.1, 0.15) is 30.3 Å². The van der Waals surface area contributed by atoms with Crippen molar-refractivity contribution >= 4 is 71.8 Å². The molecule has 3 aliphatic carbocycles. The van der Waals surface area contributed by atoms with Crippen LogP contribution in [0.3, 0.4) is 0 Å². The molecule has 3 saturated carbocycles. The first-order valence-electron chi connectivity index (χ1n) is 34.6. The number of benzene rings is 6. The Balaban J connectivity index is 0.000000828. The number of hydrogen-bond acceptors (Lipinski definition) is 18. The molecule has 606 valence electrons. The smallest absolute Gasteiger partial charge is 0.411 e. The van der Waals surface area contributed by atoms with Crippen molar-refractivity contribution in [2.45, 2.75) is 131 Å². The fraction of sp³-hybridized carbons (Fsp3) is 0.326. The van der Waals surface area contributed by atoms with Gasteiger partial charge in [0.25, 0.3) is 23.6 Å². The molecule has 3 aliphatic rings. The van der Waals surface area contributed by atoms with Gasteiger partial charge in [-0.15, -0.1) is 12.4 Å². The van der Waals surface area contributed by atoms with Crippen LogP contribution in [0.15, 0.2) is 174 Å². The summed E-state index contributed by atoms with van der Waals surface area (Å²) in [5.74, 6) is 29.5. The molecule has 28 nitrogen and oxygen atoms in total. The second-order valence-corrected chi connectivity index (χ2v) is 25.2. The van der Waals surface area contributed by atoms with Gasteiger partial charge in [-0.1, -0.05) is 120 Å². The summed E-state index contributed by atoms with van der Waals surface area (Å²) in [6.07, 6.45) is 5.24. The van der Waals surface area contributed by atoms with E-state index in [9.17, 15) is 47.9 Å². The van der Waals surface area contributed by atoms with Crippen LogP contribution in [0.25, 0.3) is 0 Å². The van der Waals surface area contributed by atoms with Crippen LogP contribution in [0.2, 0.25) is 0 Å². The Kier molecular flexibility index (Phi) is 47.0. The zero-order valence-electron chi connectivity index (χ0n) is 61.5. The lowest BCUT2D eigenvalue weighted by Crippen LogP contribution is -2.52. The van der Waals surface area contributed by atoms with E-state index in [1.807, 2.05) is 91.0 Å². The number of nitrogens with one attached hydrogen (secondary N) is 11. The van der Waals surface area contributed by atoms with Gasteiger partial charge in [0.15, 0.2) is 0 Å². The van der Waals surface area contributed by atoms with Crippen molar-refractivity contribution in [3.8, 4) is 71.0 Å². The average molecular weight is 1590 g/mol. The molecular formula is C86H101ClN14O14. The maximum absolute atomic E-state index is 12.8. The van der Waals surface area contributed by atoms with E-state index >= 15 is 0 Å². The van der Waals surface area contributed by atoms with Crippen LogP contribution < -0.4 is 48.0 Å². The molecule has 3 atom stereocenters. The van der Waals surface area contributed by atoms with Gasteiger partial charge in [0.05, 0.1) is 27.3 Å². The summed E-state index contributed by atoms with van der Waals surface area (Å²) in [7, 11) is 2.42. The highest BCUT2D eigenvalue weighted by atomic mass is 35.5. The molecule has 6 aromatic carbocycles. The molecule has 115 heavy (non-hydrogen) atoms. The second-order valence-electron chi connectivity index (χ2n) is 25.2. The number of carbonyl (C=O) groups excluding carboxylic acids is 10. The molecule has 0 bridgehead atoms. The molecule has 0 spiro atoms. The van der Waals surface area contributed by atoms with E-state index in [2.05, 4.69) is 124 Å². The molecule has 0 aromatic heterocycles. The standard InChI is InChI=1S/C31H33N3O6.C26H25N3O4.C25H24N4O4.4CH4.ClH.H2N4/c1-31(2,3)40-30(38)34(25-18-19-25)21-27(35)32-20-26(29(37)39-4)33-28(36)24-16-14-23(15-17-24)13-9-8-12-22-10-6-5-7-11-22;1-33-26(32)23(17-28-24(30)18-27-22-15-16-22)29-25(31)21-13-11-20(12-14-21)10-6-5-9-19-7-3-2-4-8-19;30-23(17-26-21-14-15-21)27-16-22(25(32)29-33)28-24(31)20-12-10-19(11-13-20)9-5-4-8-18-6-2-1-3-7-18;;;;;;1-3-4-2/h5-7,10-11,14-17,25-26H,18-21H2,1-4H3,(H,32,35)(H,33,36);2-4,7-8,11-14,22-23,27H,15-18H2,1H3,(H,28,30)(H,29,31);1-3,6-7,10-13,21-22,26,33H,14-17H2,(H,27,30)(H,28,31)(H,29,32);4*1H4;1H;1-2H/t26-;23-;22-;;;;;;/m000....../s1. The fourth-order valence-electron chi connectivity index (χ4n) is 9.06. The number of amides is 8. The zero-order chi connectivity index (χ0) is 79.5. The predicted octanol–water partition coefficient (Wildman–Crippen LogP) is 8.60. The van der Waals surface area contributed by atoms with Crippen LogP contribution in [0.1, 0.15) is 153 Å². The van der Waals surface area contributed by atoms with Crippen molar-refractivity contribution < 1.29 is 67.4 Å². The molecule has 0 radical (unpaired) electrons. The van der Waals surface area contributed by atoms with Crippen LogP contribution >= 0.6 is 12.4 Å². The number of rotatable bonds is 25. The molecule has 0 aliphatic heterocycles. The van der Waals surface area contributed by atoms with Gasteiger partial charge in [0, 0.05) is 87.8 Å². The van der Waals surface area contributed by atoms with Crippen molar-refractivity contribution in [2.24, 2.45) is 10.4 Å². The third-order valence-electron chi connectivity index (χ3n) is 15.3. The first-order chi connectivity index (χ1) is 53.1. The third kappa shape index (κ3) is 40.4. The van der Waals surface area contributed by atoms with Gasteiger partial charge in [0.2, 0.25) is 17.7 Å². The van der Waals surface area contributed by atoms with Crippen molar-refractivity contribution in [1.29, 1.82) is 11.1 Å². The minimum atomic E-state index is -1.14. The third-order valence-corrected chi connectivity index (χ3v) is 15.3. The summed E-state index contributed by atoms with van der Waals surface area (Å²) in [5, 5.41) is 35.1. The lowest BCUT2D eigenvalue weighted by molar-refractivity contribution is -0.143. The fourth-order valence-corrected chi connectivity index (χ4v) is 9.06. The zero-order valence-corrected chi connectivity index (χ0v) is 62.4. The van der Waals surface area contributed by atoms with Gasteiger partial charge in [-0.2, -0.15) is 11.1 Å². The van der Waals surface area contributed by atoms with Crippen molar-refractivity contribution in [3.05, 3.63) is 214 Å². The van der Waals surface area contributed by atoms with Gasteiger partial charge in [-0.25, -0.2) is 19.9 Å². The molecule has 8 amide bonds. The normalized spacial score (nSPS) is 11.9. The lowest BCUT2D eigenvalue weighted by Gasteiger charge is -2.27. The number of hydroxylamine groups is 1. The Morgan fingerprint density at radius 2 is 0.730 bits per heavy atom. The molecule has 3 fully saturated rings. The number of halogens is 1. The summed E-state index contributed by atoms with van der Waals surface area (Å²) in [6.45, 7) is 4.90. The quantitative estimate of drug-likeness (QED) is 0.00637. The Bertz CT molecular complexity index is 4400. The number of esters is 2. The molecular weight excluding hydrogens is 1490 g/mol. The Morgan fingerprint density at radius 1 is 0.443 bits per heavy atom. The van der Waals surface area contributed by atoms with Gasteiger partial charge in [-0.3, -0.25) is 43.7 Å². The summed E-state index contributed by atoms with van der Waals surface area (Å²) < 4.78 is 14.9. The monoisotopic (exact) mass is 1590 g/mol. The van der Waals surface area contributed by atoms with E-state index < -0.39 is 71.3 Å². The van der Waals surface area contributed by atoms with E-state index in [4.69, 9.17) is 30.5 Å². The van der Waals surface area contributed by atoms with E-state index in [0.717, 1.165) is 55.2 Å². The van der Waals surface area contributed by atoms with Gasteiger partial charge >= 0.3 is 18.0 Å². The summed E-state index contributed by atoms with van der Waals surface area (Å²) in [6, 6.07) is 45.5. The van der Waals surface area contributed by atoms with Crippen LogP contribution in [-0.2, 0) is 43.0 Å². The van der Waals surface area contributed by atoms with Crippen LogP contribution in [-0.4, -0.2) is 165 Å². The molecule has 0 unspecified atom stereocenters. The second kappa shape index (κ2) is 54.2. The summed E-state index contributed by atoms with van der Waals surface area (Å²) >= 11 is 0. The molecule has 9 rings (SSSR count). The van der Waals surface area contributed by atoms with Gasteiger partial charge in [-0.05, 0) is 214 Å². The number of nitrogens with zero attached hydrogens (tertiary/aromatic N) is 3. The lowest BCUT2D eigenvalue weighted by atomic mass is 10.1. The Hall–Kier alpha value is -13.5. The SMILES string of the molecule is C.C.C.C.COC(=O)[C@H](CNC(=O)CN(C(=O)OC(C)(C)C)C1CC1)NC(=O)c1ccc(C#CC#Cc2ccccc2)cc1.COC(=O)[C@H](CNC(=O)CNC1CC1)NC(=O)c1ccc(C#CC#Cc2ccccc2)cc1.Cl.N=NN=N.O=C(CNC1CC1)NC[C@H](NC(=O)c1ccc(C#CC#Cc2ccccc2)cc1)C(=O)NO. The van der Waals surface area contributed by atoms with E-state index in [-0.39, 0.29) is 99.2 Å². The number of hydrogen-bond donors (Lipinski definition) is 12. The molecule has 29 heteroatoms. The number of carbonyl (C=O) groups is 10. The summed E-state index contributed by atoms with van der Waals surface area (Å²) in [4.78, 5) is 124. The molecule has 0 saturated heterocycles. The molecule has 0 heterocycles. The van der Waals surface area contributed by atoms with Crippen molar-refractivity contribution in [3.63, 3.8) is 0 Å². The highest BCUT2D eigenvalue weighted by molar-refractivity contribution is 5.99. The first-order valence-corrected chi connectivity index (χ1v) is 34.6. The van der Waals surface area contributed by atoms with Gasteiger partial charge < -0.3 is 56.7 Å². The highest BCUT2D eigenvalue weighted by Gasteiger charge is 2.37. The maximum Gasteiger partial charge on any atom is 0.411 e. The molecule has 12 N–H and O–H groups in total. The van der Waals surface area contributed by atoms with E-state index in [0.29, 0.717) is 45.5 Å². The van der Waals surface area contributed by atoms with Crippen molar-refractivity contribution in [1.82, 2.24) is 52.9 Å². The Morgan fingerprint density at radius 3 is 1.00 bits per heavy atom.